The Morgan fingerprint density at radius 1 is 1.08 bits per heavy atom. The van der Waals surface area contributed by atoms with Crippen LogP contribution in [0.4, 0.5) is 14.5 Å². The van der Waals surface area contributed by atoms with Crippen LogP contribution in [0, 0.1) is 35.3 Å². The molecule has 7 nitrogen and oxygen atoms in total. The number of halogens is 3. The summed E-state index contributed by atoms with van der Waals surface area (Å²) in [5.74, 6) is -4.12. The molecule has 2 aromatic carbocycles. The molecular weight excluding hydrogens is 540 g/mol. The number of anilines is 1. The van der Waals surface area contributed by atoms with E-state index in [1.165, 1.54) is 18.2 Å². The van der Waals surface area contributed by atoms with Gasteiger partial charge in [0.1, 0.15) is 6.10 Å². The highest BCUT2D eigenvalue weighted by atomic mass is 35.5. The van der Waals surface area contributed by atoms with E-state index >= 15 is 0 Å². The smallest absolute Gasteiger partial charge is 0.255 e. The summed E-state index contributed by atoms with van der Waals surface area (Å²) in [5, 5.41) is 34.6. The molecule has 38 heavy (non-hydrogen) atoms. The molecule has 0 heterocycles. The zero-order chi connectivity index (χ0) is 27.6. The van der Waals surface area contributed by atoms with E-state index in [0.29, 0.717) is 6.42 Å². The van der Waals surface area contributed by atoms with Crippen LogP contribution in [0.25, 0.3) is 0 Å². The van der Waals surface area contributed by atoms with Crippen LogP contribution >= 0.6 is 11.6 Å². The highest BCUT2D eigenvalue weighted by molar-refractivity contribution is 7.92. The summed E-state index contributed by atoms with van der Waals surface area (Å²) < 4.78 is 54.3. The highest BCUT2D eigenvalue weighted by Gasteiger charge is 2.63. The van der Waals surface area contributed by atoms with E-state index in [2.05, 4.69) is 5.32 Å². The van der Waals surface area contributed by atoms with Crippen molar-refractivity contribution in [1.82, 2.24) is 0 Å². The lowest BCUT2D eigenvalue weighted by Crippen LogP contribution is -2.60. The average Bonchev–Trinajstić information content (AvgIpc) is 3.70. The Hall–Kier alpha value is -2.11. The second-order valence-corrected chi connectivity index (χ2v) is 13.6. The summed E-state index contributed by atoms with van der Waals surface area (Å²) in [6.45, 7) is 1.91. The zero-order valence-corrected chi connectivity index (χ0v) is 22.2. The maximum absolute atomic E-state index is 13.8. The molecule has 5 rings (SSSR count). The van der Waals surface area contributed by atoms with Gasteiger partial charge in [0.25, 0.3) is 5.91 Å². The van der Waals surface area contributed by atoms with E-state index < -0.39 is 62.3 Å². The second-order valence-electron chi connectivity index (χ2n) is 11.0. The standard InChI is InChI=1S/C27H30ClF2NO6S/c1-13-8-16-10-18(12-19(13)27(16,35)25(33)24(32)14-2-3-14)38(36,37)23-9-15(4-6-20(23)28)26(34)31-17-5-7-21(29)22(30)11-17/h4-7,9,11,13-14,16,18-19,24-25,32-33,35H,2-3,8,10,12H2,1H3,(H,31,34)/t13-,16+,18+,19+,24-,25+,27+/m0/s1. The lowest BCUT2D eigenvalue weighted by Gasteiger charge is -2.47. The van der Waals surface area contributed by atoms with Gasteiger partial charge >= 0.3 is 0 Å². The van der Waals surface area contributed by atoms with Crippen LogP contribution in [0.2, 0.25) is 5.02 Å². The summed E-state index contributed by atoms with van der Waals surface area (Å²) in [6.07, 6.45) is -0.161. The number of hydrogen-bond donors (Lipinski definition) is 4. The number of benzene rings is 2. The van der Waals surface area contributed by atoms with Crippen molar-refractivity contribution >= 4 is 33.0 Å². The number of hydrogen-bond acceptors (Lipinski definition) is 6. The molecule has 4 N–H and O–H groups in total. The number of carbonyl (C=O) groups excluding carboxylic acids is 1. The third-order valence-corrected chi connectivity index (χ3v) is 11.3. The molecule has 3 saturated carbocycles. The lowest BCUT2D eigenvalue weighted by atomic mass is 9.68. The predicted octanol–water partition coefficient (Wildman–Crippen LogP) is 3.94. The van der Waals surface area contributed by atoms with E-state index in [0.717, 1.165) is 31.0 Å². The molecule has 2 bridgehead atoms. The molecule has 11 heteroatoms. The minimum absolute atomic E-state index is 0.00247. The molecule has 3 fully saturated rings. The molecule has 0 aliphatic heterocycles. The number of carbonyl (C=O) groups is 1. The summed E-state index contributed by atoms with van der Waals surface area (Å²) in [6, 6.07) is 6.64. The van der Waals surface area contributed by atoms with Crippen LogP contribution < -0.4 is 5.32 Å². The number of aliphatic hydroxyl groups is 3. The number of aliphatic hydroxyl groups excluding tert-OH is 2. The van der Waals surface area contributed by atoms with Crippen molar-refractivity contribution in [1.29, 1.82) is 0 Å². The van der Waals surface area contributed by atoms with Gasteiger partial charge < -0.3 is 20.6 Å². The first kappa shape index (κ1) is 27.5. The Balaban J connectivity index is 1.39. The molecular formula is C27H30ClF2NO6S. The van der Waals surface area contributed by atoms with Gasteiger partial charge in [-0.2, -0.15) is 0 Å². The third kappa shape index (κ3) is 4.64. The fourth-order valence-electron chi connectivity index (χ4n) is 6.47. The Labute approximate surface area is 224 Å². The number of fused-ring (bicyclic) bond motifs is 2. The molecule has 0 unspecified atom stereocenters. The zero-order valence-electron chi connectivity index (χ0n) is 20.6. The maximum atomic E-state index is 13.8. The van der Waals surface area contributed by atoms with Crippen LogP contribution in [0.15, 0.2) is 41.3 Å². The fraction of sp³-hybridized carbons (Fsp3) is 0.519. The van der Waals surface area contributed by atoms with Crippen LogP contribution in [0.3, 0.4) is 0 Å². The van der Waals surface area contributed by atoms with Crippen LogP contribution in [-0.2, 0) is 9.84 Å². The van der Waals surface area contributed by atoms with Gasteiger partial charge in [-0.15, -0.1) is 0 Å². The van der Waals surface area contributed by atoms with Crippen LogP contribution in [0.5, 0.6) is 0 Å². The topological polar surface area (TPSA) is 124 Å². The van der Waals surface area contributed by atoms with Gasteiger partial charge in [-0.05, 0) is 86.1 Å². The molecule has 3 aliphatic carbocycles. The van der Waals surface area contributed by atoms with Gasteiger partial charge in [-0.1, -0.05) is 18.5 Å². The molecule has 0 aromatic heterocycles. The normalized spacial score (nSPS) is 30.6. The summed E-state index contributed by atoms with van der Waals surface area (Å²) in [4.78, 5) is 12.5. The van der Waals surface area contributed by atoms with Gasteiger partial charge in [-0.3, -0.25) is 4.79 Å². The fourth-order valence-corrected chi connectivity index (χ4v) is 8.84. The maximum Gasteiger partial charge on any atom is 0.255 e. The Morgan fingerprint density at radius 2 is 1.79 bits per heavy atom. The van der Waals surface area contributed by atoms with Gasteiger partial charge in [0.05, 0.1) is 26.9 Å². The van der Waals surface area contributed by atoms with Crippen molar-refractivity contribution in [3.8, 4) is 0 Å². The van der Waals surface area contributed by atoms with E-state index in [1.807, 2.05) is 6.92 Å². The summed E-state index contributed by atoms with van der Waals surface area (Å²) in [7, 11) is -4.06. The molecule has 0 spiro atoms. The molecule has 3 aliphatic rings. The first-order valence-electron chi connectivity index (χ1n) is 12.7. The number of rotatable bonds is 7. The quantitative estimate of drug-likeness (QED) is 0.400. The molecule has 1 amide bonds. The number of nitrogens with one attached hydrogen (secondary N) is 1. The molecule has 2 aromatic rings. The average molecular weight is 570 g/mol. The van der Waals surface area contributed by atoms with Gasteiger partial charge in [0.15, 0.2) is 21.5 Å². The van der Waals surface area contributed by atoms with Gasteiger partial charge in [0, 0.05) is 17.3 Å². The predicted molar refractivity (Wildman–Crippen MR) is 136 cm³/mol. The highest BCUT2D eigenvalue weighted by Crippen LogP contribution is 2.57. The number of sulfone groups is 1. The van der Waals surface area contributed by atoms with Crippen molar-refractivity contribution in [2.75, 3.05) is 5.32 Å². The van der Waals surface area contributed by atoms with E-state index in [4.69, 9.17) is 11.6 Å². The lowest BCUT2D eigenvalue weighted by molar-refractivity contribution is -0.182. The first-order valence-corrected chi connectivity index (χ1v) is 14.6. The molecule has 206 valence electrons. The van der Waals surface area contributed by atoms with Gasteiger partial charge in [0.2, 0.25) is 0 Å². The van der Waals surface area contributed by atoms with Crippen molar-refractivity contribution in [3.05, 3.63) is 58.6 Å². The van der Waals surface area contributed by atoms with E-state index in [-0.39, 0.29) is 45.8 Å². The largest absolute Gasteiger partial charge is 0.390 e. The van der Waals surface area contributed by atoms with Crippen LogP contribution in [-0.4, -0.2) is 52.7 Å². The van der Waals surface area contributed by atoms with Crippen molar-refractivity contribution < 1.29 is 37.3 Å². The van der Waals surface area contributed by atoms with Gasteiger partial charge in [-0.25, -0.2) is 17.2 Å². The Morgan fingerprint density at radius 3 is 2.42 bits per heavy atom. The molecule has 0 saturated heterocycles. The second kappa shape index (κ2) is 9.82. The van der Waals surface area contributed by atoms with E-state index in [1.54, 1.807) is 0 Å². The van der Waals surface area contributed by atoms with Crippen molar-refractivity contribution in [3.63, 3.8) is 0 Å². The van der Waals surface area contributed by atoms with E-state index in [9.17, 15) is 37.3 Å². The first-order chi connectivity index (χ1) is 17.8. The third-order valence-electron chi connectivity index (χ3n) is 8.67. The van der Waals surface area contributed by atoms with Crippen molar-refractivity contribution in [2.24, 2.45) is 23.7 Å². The van der Waals surface area contributed by atoms with Crippen LogP contribution in [0.1, 0.15) is 49.4 Å². The summed E-state index contributed by atoms with van der Waals surface area (Å²) in [5.41, 5.74) is -1.62. The molecule has 7 atom stereocenters. The minimum atomic E-state index is -4.06. The summed E-state index contributed by atoms with van der Waals surface area (Å²) >= 11 is 6.29. The monoisotopic (exact) mass is 569 g/mol. The SMILES string of the molecule is C[C@H]1C[C@@H]2C[C@@H](S(=O)(=O)c3cc(C(=O)Nc4ccc(F)c(F)c4)ccc3Cl)C[C@H]1[C@@]2(O)[C@H](O)[C@@H](O)C1CC1. The minimum Gasteiger partial charge on any atom is -0.390 e. The van der Waals surface area contributed by atoms with Crippen molar-refractivity contribution in [2.45, 2.75) is 67.0 Å². The number of amides is 1. The Kier molecular flexibility index (Phi) is 7.09. The Bertz CT molecular complexity index is 1370. The molecule has 0 radical (unpaired) electrons.